The van der Waals surface area contributed by atoms with Crippen LogP contribution in [0.2, 0.25) is 0 Å². The summed E-state index contributed by atoms with van der Waals surface area (Å²) in [6.07, 6.45) is 7.04. The molecule has 0 bridgehead atoms. The number of hydrogen-bond donors (Lipinski definition) is 1. The van der Waals surface area contributed by atoms with Crippen molar-refractivity contribution in [3.63, 3.8) is 0 Å². The van der Waals surface area contributed by atoms with E-state index >= 15 is 0 Å². The van der Waals surface area contributed by atoms with E-state index in [1.807, 2.05) is 18.6 Å². The molecular formula is C14H21N5S. The minimum absolute atomic E-state index is 0.698. The van der Waals surface area contributed by atoms with Gasteiger partial charge in [-0.3, -0.25) is 0 Å². The number of aromatic nitrogens is 3. The first-order valence-electron chi connectivity index (χ1n) is 7.26. The molecule has 5 nitrogen and oxygen atoms in total. The van der Waals surface area contributed by atoms with Gasteiger partial charge in [-0.2, -0.15) is 11.8 Å². The van der Waals surface area contributed by atoms with Crippen molar-refractivity contribution < 1.29 is 0 Å². The Bertz CT molecular complexity index is 582. The minimum atomic E-state index is 0.698. The Morgan fingerprint density at radius 1 is 1.45 bits per heavy atom. The van der Waals surface area contributed by atoms with Gasteiger partial charge in [0.15, 0.2) is 11.5 Å². The Kier molecular flexibility index (Phi) is 4.00. The molecule has 20 heavy (non-hydrogen) atoms. The Hall–Kier alpha value is -1.43. The molecule has 1 unspecified atom stereocenters. The number of rotatable bonds is 4. The van der Waals surface area contributed by atoms with Crippen molar-refractivity contribution >= 4 is 29.0 Å². The van der Waals surface area contributed by atoms with Crippen LogP contribution < -0.4 is 10.2 Å². The van der Waals surface area contributed by atoms with Crippen LogP contribution in [-0.4, -0.2) is 45.0 Å². The van der Waals surface area contributed by atoms with Crippen LogP contribution in [0, 0.1) is 0 Å². The smallest absolute Gasteiger partial charge is 0.180 e. The highest BCUT2D eigenvalue weighted by atomic mass is 32.2. The van der Waals surface area contributed by atoms with E-state index in [-0.39, 0.29) is 0 Å². The second kappa shape index (κ2) is 5.91. The maximum absolute atomic E-state index is 4.78. The first-order valence-corrected chi connectivity index (χ1v) is 8.30. The van der Waals surface area contributed by atoms with Crippen molar-refractivity contribution in [1.29, 1.82) is 0 Å². The van der Waals surface area contributed by atoms with E-state index in [2.05, 4.69) is 45.2 Å². The summed E-state index contributed by atoms with van der Waals surface area (Å²) in [6.45, 7) is 7.33. The molecule has 3 heterocycles. The highest BCUT2D eigenvalue weighted by molar-refractivity contribution is 8.00. The fourth-order valence-electron chi connectivity index (χ4n) is 2.55. The van der Waals surface area contributed by atoms with Gasteiger partial charge < -0.3 is 14.6 Å². The van der Waals surface area contributed by atoms with Crippen molar-refractivity contribution in [1.82, 2.24) is 14.4 Å². The van der Waals surface area contributed by atoms with Gasteiger partial charge in [0.2, 0.25) is 0 Å². The standard InChI is InChI=1S/C14H21N5S/c1-3-11-9-19(7-8-20-11)14-13-16-5-6-18(13)10-12(17-14)15-4-2/h5-6,10-11,15H,3-4,7-9H2,1-2H3. The summed E-state index contributed by atoms with van der Waals surface area (Å²) < 4.78 is 2.06. The van der Waals surface area contributed by atoms with Crippen LogP contribution >= 0.6 is 11.8 Å². The molecule has 3 rings (SSSR count). The van der Waals surface area contributed by atoms with E-state index in [4.69, 9.17) is 4.98 Å². The molecule has 0 spiro atoms. The predicted octanol–water partition coefficient (Wildman–Crippen LogP) is 2.49. The average Bonchev–Trinajstić information content (AvgIpc) is 2.95. The zero-order valence-corrected chi connectivity index (χ0v) is 12.9. The summed E-state index contributed by atoms with van der Waals surface area (Å²) in [5.41, 5.74) is 0.952. The zero-order valence-electron chi connectivity index (χ0n) is 12.0. The maximum Gasteiger partial charge on any atom is 0.180 e. The number of anilines is 2. The van der Waals surface area contributed by atoms with E-state index < -0.39 is 0 Å². The lowest BCUT2D eigenvalue weighted by Gasteiger charge is -2.33. The highest BCUT2D eigenvalue weighted by Gasteiger charge is 2.22. The molecular weight excluding hydrogens is 270 g/mol. The first kappa shape index (κ1) is 13.5. The Morgan fingerprint density at radius 2 is 2.35 bits per heavy atom. The van der Waals surface area contributed by atoms with Gasteiger partial charge in [-0.15, -0.1) is 0 Å². The first-order chi connectivity index (χ1) is 9.81. The highest BCUT2D eigenvalue weighted by Crippen LogP contribution is 2.27. The number of imidazole rings is 1. The number of fused-ring (bicyclic) bond motifs is 1. The van der Waals surface area contributed by atoms with Crippen LogP contribution in [0.25, 0.3) is 5.65 Å². The van der Waals surface area contributed by atoms with Crippen LogP contribution in [-0.2, 0) is 0 Å². The number of nitrogens with one attached hydrogen (secondary N) is 1. The topological polar surface area (TPSA) is 45.5 Å². The number of thioether (sulfide) groups is 1. The second-order valence-corrected chi connectivity index (χ2v) is 6.39. The number of nitrogens with zero attached hydrogens (tertiary/aromatic N) is 4. The monoisotopic (exact) mass is 291 g/mol. The normalized spacial score (nSPS) is 19.5. The molecule has 2 aromatic rings. The molecule has 1 aliphatic rings. The van der Waals surface area contributed by atoms with Crippen molar-refractivity contribution in [3.8, 4) is 0 Å². The SMILES string of the molecule is CCNc1cn2ccnc2c(N2CCSC(CC)C2)n1. The van der Waals surface area contributed by atoms with Crippen LogP contribution in [0.1, 0.15) is 20.3 Å². The quantitative estimate of drug-likeness (QED) is 0.937. The maximum atomic E-state index is 4.78. The summed E-state index contributed by atoms with van der Waals surface area (Å²) in [5.74, 6) is 3.09. The molecule has 1 N–H and O–H groups in total. The second-order valence-electron chi connectivity index (χ2n) is 4.99. The van der Waals surface area contributed by atoms with Crippen molar-refractivity contribution in [2.75, 3.05) is 35.6 Å². The van der Waals surface area contributed by atoms with Crippen LogP contribution in [0.5, 0.6) is 0 Å². The lowest BCUT2D eigenvalue weighted by molar-refractivity contribution is 0.720. The van der Waals surface area contributed by atoms with Crippen LogP contribution in [0.15, 0.2) is 18.6 Å². The third-order valence-corrected chi connectivity index (χ3v) is 4.98. The van der Waals surface area contributed by atoms with E-state index in [0.717, 1.165) is 36.9 Å². The third kappa shape index (κ3) is 2.57. The van der Waals surface area contributed by atoms with E-state index in [9.17, 15) is 0 Å². The summed E-state index contributed by atoms with van der Waals surface area (Å²) >= 11 is 2.07. The molecule has 1 atom stereocenters. The lowest BCUT2D eigenvalue weighted by atomic mass is 10.3. The molecule has 0 aromatic carbocycles. The molecule has 0 amide bonds. The average molecular weight is 291 g/mol. The van der Waals surface area contributed by atoms with Gasteiger partial charge in [-0.25, -0.2) is 9.97 Å². The van der Waals surface area contributed by atoms with E-state index in [0.29, 0.717) is 5.25 Å². The lowest BCUT2D eigenvalue weighted by Crippen LogP contribution is -2.38. The molecule has 1 fully saturated rings. The molecule has 108 valence electrons. The van der Waals surface area contributed by atoms with E-state index in [1.165, 1.54) is 12.2 Å². The third-order valence-electron chi connectivity index (χ3n) is 3.61. The van der Waals surface area contributed by atoms with Gasteiger partial charge >= 0.3 is 0 Å². The molecule has 1 saturated heterocycles. The predicted molar refractivity (Wildman–Crippen MR) is 85.9 cm³/mol. The molecule has 6 heteroatoms. The summed E-state index contributed by atoms with van der Waals surface area (Å²) in [6, 6.07) is 0. The molecule has 0 aliphatic carbocycles. The van der Waals surface area contributed by atoms with Crippen molar-refractivity contribution in [2.45, 2.75) is 25.5 Å². The van der Waals surface area contributed by atoms with Gasteiger partial charge in [-0.05, 0) is 13.3 Å². The molecule has 1 aliphatic heterocycles. The molecule has 0 radical (unpaired) electrons. The Morgan fingerprint density at radius 3 is 3.15 bits per heavy atom. The molecule has 0 saturated carbocycles. The summed E-state index contributed by atoms with van der Waals surface area (Å²) in [5, 5.41) is 4.00. The fraction of sp³-hybridized carbons (Fsp3) is 0.571. The largest absolute Gasteiger partial charge is 0.369 e. The molecule has 2 aromatic heterocycles. The van der Waals surface area contributed by atoms with Crippen LogP contribution in [0.4, 0.5) is 11.6 Å². The minimum Gasteiger partial charge on any atom is -0.369 e. The summed E-state index contributed by atoms with van der Waals surface area (Å²) in [4.78, 5) is 11.6. The Labute approximate surface area is 123 Å². The number of hydrogen-bond acceptors (Lipinski definition) is 5. The van der Waals surface area contributed by atoms with E-state index in [1.54, 1.807) is 0 Å². The van der Waals surface area contributed by atoms with Crippen molar-refractivity contribution in [3.05, 3.63) is 18.6 Å². The fourth-order valence-corrected chi connectivity index (χ4v) is 3.73. The van der Waals surface area contributed by atoms with Gasteiger partial charge in [0.1, 0.15) is 5.82 Å². The Balaban J connectivity index is 1.98. The zero-order chi connectivity index (χ0) is 13.9. The van der Waals surface area contributed by atoms with Gasteiger partial charge in [0.25, 0.3) is 0 Å². The van der Waals surface area contributed by atoms with Crippen LogP contribution in [0.3, 0.4) is 0 Å². The van der Waals surface area contributed by atoms with Gasteiger partial charge in [0, 0.05) is 43.0 Å². The summed E-state index contributed by atoms with van der Waals surface area (Å²) in [7, 11) is 0. The van der Waals surface area contributed by atoms with Crippen molar-refractivity contribution in [2.24, 2.45) is 0 Å². The van der Waals surface area contributed by atoms with Gasteiger partial charge in [0.05, 0.1) is 6.20 Å². The van der Waals surface area contributed by atoms with Gasteiger partial charge in [-0.1, -0.05) is 6.92 Å².